The van der Waals surface area contributed by atoms with E-state index in [9.17, 15) is 0 Å². The van der Waals surface area contributed by atoms with Crippen LogP contribution in [0.1, 0.15) is 38.3 Å². The number of nitriles is 1. The Labute approximate surface area is 184 Å². The Bertz CT molecular complexity index is 1290. The van der Waals surface area contributed by atoms with E-state index in [1.54, 1.807) is 18.6 Å². The van der Waals surface area contributed by atoms with E-state index in [4.69, 9.17) is 10.00 Å². The third-order valence-corrected chi connectivity index (χ3v) is 5.45. The van der Waals surface area contributed by atoms with Crippen molar-refractivity contribution in [2.45, 2.75) is 38.8 Å². The first kappa shape index (κ1) is 20.1. The van der Waals surface area contributed by atoms with E-state index in [2.05, 4.69) is 50.5 Å². The third-order valence-electron chi connectivity index (χ3n) is 5.45. The number of imidazole rings is 1. The van der Waals surface area contributed by atoms with Gasteiger partial charge >= 0.3 is 0 Å². The van der Waals surface area contributed by atoms with Crippen LogP contribution in [0.3, 0.4) is 0 Å². The van der Waals surface area contributed by atoms with Gasteiger partial charge in [0.2, 0.25) is 0 Å². The van der Waals surface area contributed by atoms with Crippen molar-refractivity contribution in [3.63, 3.8) is 0 Å². The summed E-state index contributed by atoms with van der Waals surface area (Å²) in [5.41, 5.74) is 4.31. The lowest BCUT2D eigenvalue weighted by molar-refractivity contribution is 0.0657. The van der Waals surface area contributed by atoms with Gasteiger partial charge in [-0.25, -0.2) is 19.6 Å². The summed E-state index contributed by atoms with van der Waals surface area (Å²) in [5, 5.41) is 21.4. The monoisotopic (exact) mass is 429 g/mol. The summed E-state index contributed by atoms with van der Waals surface area (Å²) in [4.78, 5) is 13.4. The van der Waals surface area contributed by atoms with Crippen LogP contribution in [-0.4, -0.2) is 53.8 Å². The van der Waals surface area contributed by atoms with Crippen LogP contribution in [0.15, 0.2) is 37.1 Å². The molecular weight excluding hydrogens is 406 g/mol. The first-order valence-electron chi connectivity index (χ1n) is 10.6. The quantitative estimate of drug-likeness (QED) is 0.514. The fourth-order valence-corrected chi connectivity index (χ4v) is 3.87. The lowest BCUT2D eigenvalue weighted by Crippen LogP contribution is -2.19. The summed E-state index contributed by atoms with van der Waals surface area (Å²) in [6, 6.07) is 6.29. The van der Waals surface area contributed by atoms with Gasteiger partial charge in [-0.2, -0.15) is 5.26 Å². The Morgan fingerprint density at radius 1 is 1.16 bits per heavy atom. The van der Waals surface area contributed by atoms with Crippen molar-refractivity contribution < 1.29 is 4.74 Å². The van der Waals surface area contributed by atoms with Gasteiger partial charge in [0, 0.05) is 49.0 Å². The van der Waals surface area contributed by atoms with Gasteiger partial charge in [0.15, 0.2) is 5.65 Å². The maximum atomic E-state index is 9.10. The number of nitrogens with one attached hydrogen (secondary N) is 1. The summed E-state index contributed by atoms with van der Waals surface area (Å²) >= 11 is 0. The van der Waals surface area contributed by atoms with E-state index in [0.717, 1.165) is 43.0 Å². The standard InChI is InChI=1S/C22H23N9O/c1-14(2)27-18-8-21(30-13-26-19-7-15(9-23)10-25-22(19)30)24-11-17(18)20-12-31(29-28-20)16-3-5-32-6-4-16/h7-8,10-14,16H,3-6H2,1-2H3,(H,24,27). The number of ether oxygens (including phenoxy) is 1. The number of fused-ring (bicyclic) bond motifs is 1. The lowest BCUT2D eigenvalue weighted by Gasteiger charge is -2.21. The van der Waals surface area contributed by atoms with Crippen molar-refractivity contribution in [2.24, 2.45) is 0 Å². The molecule has 32 heavy (non-hydrogen) atoms. The van der Waals surface area contributed by atoms with Crippen molar-refractivity contribution in [2.75, 3.05) is 18.5 Å². The molecule has 10 nitrogen and oxygen atoms in total. The smallest absolute Gasteiger partial charge is 0.165 e. The molecule has 1 fully saturated rings. The molecule has 162 valence electrons. The van der Waals surface area contributed by atoms with E-state index in [1.165, 1.54) is 6.20 Å². The second kappa shape index (κ2) is 8.36. The molecule has 5 heterocycles. The SMILES string of the molecule is CC(C)Nc1cc(-n2cnc3cc(C#N)cnc32)ncc1-c1cn(C2CCOCC2)nn1. The number of hydrogen-bond acceptors (Lipinski definition) is 8. The normalized spacial score (nSPS) is 14.7. The van der Waals surface area contributed by atoms with E-state index < -0.39 is 0 Å². The summed E-state index contributed by atoms with van der Waals surface area (Å²) in [7, 11) is 0. The van der Waals surface area contributed by atoms with Gasteiger partial charge < -0.3 is 10.1 Å². The van der Waals surface area contributed by atoms with Crippen molar-refractivity contribution in [1.29, 1.82) is 5.26 Å². The van der Waals surface area contributed by atoms with Gasteiger partial charge in [0.1, 0.15) is 29.4 Å². The first-order chi connectivity index (χ1) is 15.6. The van der Waals surface area contributed by atoms with Crippen molar-refractivity contribution >= 4 is 16.9 Å². The molecule has 0 amide bonds. The zero-order chi connectivity index (χ0) is 22.1. The van der Waals surface area contributed by atoms with E-state index >= 15 is 0 Å². The van der Waals surface area contributed by atoms with Crippen LogP contribution in [0.5, 0.6) is 0 Å². The maximum absolute atomic E-state index is 9.10. The number of pyridine rings is 2. The van der Waals surface area contributed by atoms with Gasteiger partial charge in [0.05, 0.1) is 17.8 Å². The maximum Gasteiger partial charge on any atom is 0.165 e. The second-order valence-corrected chi connectivity index (χ2v) is 8.11. The van der Waals surface area contributed by atoms with Crippen LogP contribution < -0.4 is 5.32 Å². The van der Waals surface area contributed by atoms with Gasteiger partial charge in [-0.1, -0.05) is 5.21 Å². The molecule has 4 aromatic heterocycles. The second-order valence-electron chi connectivity index (χ2n) is 8.11. The number of rotatable bonds is 5. The minimum absolute atomic E-state index is 0.213. The van der Waals surface area contributed by atoms with Crippen molar-refractivity contribution in [1.82, 2.24) is 34.5 Å². The van der Waals surface area contributed by atoms with E-state index in [-0.39, 0.29) is 6.04 Å². The van der Waals surface area contributed by atoms with Crippen LogP contribution in [-0.2, 0) is 4.74 Å². The Kier molecular flexibility index (Phi) is 5.25. The van der Waals surface area contributed by atoms with Gasteiger partial charge in [-0.3, -0.25) is 4.57 Å². The zero-order valence-electron chi connectivity index (χ0n) is 17.9. The largest absolute Gasteiger partial charge is 0.382 e. The first-order valence-corrected chi connectivity index (χ1v) is 10.6. The van der Waals surface area contributed by atoms with Gasteiger partial charge in [0.25, 0.3) is 0 Å². The molecule has 0 saturated carbocycles. The Balaban J connectivity index is 1.53. The highest BCUT2D eigenvalue weighted by Crippen LogP contribution is 2.30. The molecular formula is C22H23N9O. The van der Waals surface area contributed by atoms with Crippen LogP contribution in [0.25, 0.3) is 28.2 Å². The average molecular weight is 429 g/mol. The molecule has 0 unspecified atom stereocenters. The lowest BCUT2D eigenvalue weighted by atomic mass is 10.1. The average Bonchev–Trinajstić information content (AvgIpc) is 3.46. The summed E-state index contributed by atoms with van der Waals surface area (Å²) < 4.78 is 9.20. The van der Waals surface area contributed by atoms with Gasteiger partial charge in [-0.05, 0) is 32.8 Å². The van der Waals surface area contributed by atoms with Crippen LogP contribution in [0, 0.1) is 11.3 Å². The molecule has 0 aliphatic carbocycles. The highest BCUT2D eigenvalue weighted by atomic mass is 16.5. The highest BCUT2D eigenvalue weighted by molar-refractivity contribution is 5.78. The van der Waals surface area contributed by atoms with Crippen LogP contribution in [0.2, 0.25) is 0 Å². The summed E-state index contributed by atoms with van der Waals surface area (Å²) in [5.74, 6) is 0.674. The Morgan fingerprint density at radius 3 is 2.78 bits per heavy atom. The minimum atomic E-state index is 0.213. The van der Waals surface area contributed by atoms with E-state index in [0.29, 0.717) is 28.6 Å². The van der Waals surface area contributed by atoms with Crippen LogP contribution >= 0.6 is 0 Å². The number of aromatic nitrogens is 7. The van der Waals surface area contributed by atoms with Crippen molar-refractivity contribution in [3.8, 4) is 23.1 Å². The molecule has 1 saturated heterocycles. The number of anilines is 1. The molecule has 10 heteroatoms. The Hall–Kier alpha value is -3.84. The third kappa shape index (κ3) is 3.78. The Morgan fingerprint density at radius 2 is 2.00 bits per heavy atom. The zero-order valence-corrected chi connectivity index (χ0v) is 17.9. The summed E-state index contributed by atoms with van der Waals surface area (Å²) in [6.07, 6.45) is 8.86. The number of hydrogen-bond donors (Lipinski definition) is 1. The molecule has 1 N–H and O–H groups in total. The molecule has 4 aromatic rings. The molecule has 0 atom stereocenters. The predicted octanol–water partition coefficient (Wildman–Crippen LogP) is 3.12. The van der Waals surface area contributed by atoms with Crippen molar-refractivity contribution in [3.05, 3.63) is 42.6 Å². The summed E-state index contributed by atoms with van der Waals surface area (Å²) in [6.45, 7) is 5.67. The molecule has 5 rings (SSSR count). The predicted molar refractivity (Wildman–Crippen MR) is 118 cm³/mol. The fourth-order valence-electron chi connectivity index (χ4n) is 3.87. The number of nitrogens with zero attached hydrogens (tertiary/aromatic N) is 8. The molecule has 1 aliphatic heterocycles. The fraction of sp³-hybridized carbons (Fsp3) is 0.364. The minimum Gasteiger partial charge on any atom is -0.382 e. The molecule has 0 radical (unpaired) electrons. The topological polar surface area (TPSA) is 119 Å². The van der Waals surface area contributed by atoms with E-state index in [1.807, 2.05) is 21.5 Å². The molecule has 0 bridgehead atoms. The molecule has 1 aliphatic rings. The molecule has 0 aromatic carbocycles. The van der Waals surface area contributed by atoms with Gasteiger partial charge in [-0.15, -0.1) is 5.10 Å². The molecule has 0 spiro atoms. The highest BCUT2D eigenvalue weighted by Gasteiger charge is 2.19. The van der Waals surface area contributed by atoms with Crippen LogP contribution in [0.4, 0.5) is 5.69 Å².